The Morgan fingerprint density at radius 3 is 2.44 bits per heavy atom. The van der Waals surface area contributed by atoms with Gasteiger partial charge in [0.1, 0.15) is 0 Å². The summed E-state index contributed by atoms with van der Waals surface area (Å²) in [7, 11) is 0. The second-order valence-electron chi connectivity index (χ2n) is 7.66. The molecule has 3 rings (SSSR count). The number of hydrogen-bond acceptors (Lipinski definition) is 4. The van der Waals surface area contributed by atoms with E-state index in [9.17, 15) is 4.79 Å². The first-order chi connectivity index (χ1) is 11.9. The van der Waals surface area contributed by atoms with Crippen LogP contribution in [-0.2, 0) is 4.79 Å². The maximum atomic E-state index is 12.5. The minimum Gasteiger partial charge on any atom is -0.351 e. The van der Waals surface area contributed by atoms with Crippen molar-refractivity contribution in [1.29, 1.82) is 0 Å². The zero-order valence-electron chi connectivity index (χ0n) is 15.2. The fraction of sp³-hybridized carbons (Fsp3) is 0.450. The van der Waals surface area contributed by atoms with Gasteiger partial charge in [0.05, 0.1) is 5.92 Å². The van der Waals surface area contributed by atoms with E-state index in [4.69, 9.17) is 0 Å². The highest BCUT2D eigenvalue weighted by Gasteiger charge is 2.29. The molecule has 5 heteroatoms. The van der Waals surface area contributed by atoms with Crippen LogP contribution in [0.3, 0.4) is 0 Å². The van der Waals surface area contributed by atoms with Gasteiger partial charge in [-0.2, -0.15) is 0 Å². The van der Waals surface area contributed by atoms with Crippen molar-refractivity contribution >= 4 is 11.9 Å². The van der Waals surface area contributed by atoms with E-state index < -0.39 is 0 Å². The number of nitrogens with zero attached hydrogens (tertiary/aromatic N) is 3. The predicted molar refractivity (Wildman–Crippen MR) is 100 cm³/mol. The van der Waals surface area contributed by atoms with Crippen LogP contribution in [-0.4, -0.2) is 34.5 Å². The third kappa shape index (κ3) is 4.56. The summed E-state index contributed by atoms with van der Waals surface area (Å²) in [4.78, 5) is 23.6. The molecule has 0 aliphatic carbocycles. The normalized spacial score (nSPS) is 18.0. The summed E-state index contributed by atoms with van der Waals surface area (Å²) < 4.78 is 0. The molecule has 5 nitrogen and oxygen atoms in total. The lowest BCUT2D eigenvalue weighted by molar-refractivity contribution is -0.126. The largest absolute Gasteiger partial charge is 0.351 e. The van der Waals surface area contributed by atoms with Gasteiger partial charge < -0.3 is 10.2 Å². The zero-order chi connectivity index (χ0) is 17.9. The number of aromatic nitrogens is 2. The molecule has 1 aromatic carbocycles. The molecule has 0 bridgehead atoms. The molecule has 1 fully saturated rings. The Bertz CT molecular complexity index is 707. The molecule has 1 aliphatic rings. The van der Waals surface area contributed by atoms with E-state index in [0.29, 0.717) is 12.5 Å². The summed E-state index contributed by atoms with van der Waals surface area (Å²) in [5.41, 5.74) is 1.91. The van der Waals surface area contributed by atoms with Gasteiger partial charge in [0, 0.05) is 36.6 Å². The first-order valence-electron chi connectivity index (χ1n) is 8.87. The van der Waals surface area contributed by atoms with Crippen LogP contribution in [0.4, 0.5) is 5.95 Å². The van der Waals surface area contributed by atoms with Crippen molar-refractivity contribution in [2.75, 3.05) is 18.0 Å². The van der Waals surface area contributed by atoms with Crippen LogP contribution in [0.1, 0.15) is 33.6 Å². The van der Waals surface area contributed by atoms with E-state index in [2.05, 4.69) is 20.2 Å². The molecule has 1 aliphatic heterocycles. The molecule has 25 heavy (non-hydrogen) atoms. The second-order valence-corrected chi connectivity index (χ2v) is 7.66. The molecular formula is C20H26N4O. The molecule has 1 aromatic heterocycles. The maximum Gasteiger partial charge on any atom is 0.225 e. The van der Waals surface area contributed by atoms with Crippen molar-refractivity contribution in [3.05, 3.63) is 42.7 Å². The number of benzene rings is 1. The van der Waals surface area contributed by atoms with Crippen molar-refractivity contribution in [1.82, 2.24) is 15.3 Å². The van der Waals surface area contributed by atoms with Gasteiger partial charge in [-0.15, -0.1) is 0 Å². The van der Waals surface area contributed by atoms with E-state index in [1.54, 1.807) is 0 Å². The van der Waals surface area contributed by atoms with Crippen LogP contribution in [0.15, 0.2) is 42.7 Å². The molecule has 1 saturated heterocycles. The number of carbonyl (C=O) groups is 1. The fourth-order valence-electron chi connectivity index (χ4n) is 3.11. The third-order valence-corrected chi connectivity index (χ3v) is 4.32. The van der Waals surface area contributed by atoms with Crippen molar-refractivity contribution in [3.8, 4) is 11.1 Å². The number of anilines is 1. The summed E-state index contributed by atoms with van der Waals surface area (Å²) in [5, 5.41) is 3.09. The number of piperidine rings is 1. The molecule has 1 N–H and O–H groups in total. The fourth-order valence-corrected chi connectivity index (χ4v) is 3.11. The SMILES string of the molecule is CC(C)(C)NC(=O)[C@@H]1CCCN(c2ncc(-c3ccccc3)cn2)C1. The van der Waals surface area contributed by atoms with Gasteiger partial charge in [0.15, 0.2) is 0 Å². The van der Waals surface area contributed by atoms with Gasteiger partial charge in [0.2, 0.25) is 11.9 Å². The summed E-state index contributed by atoms with van der Waals surface area (Å²) in [6.07, 6.45) is 5.61. The number of rotatable bonds is 3. The molecule has 2 heterocycles. The van der Waals surface area contributed by atoms with E-state index >= 15 is 0 Å². The highest BCUT2D eigenvalue weighted by molar-refractivity contribution is 5.80. The van der Waals surface area contributed by atoms with E-state index in [0.717, 1.165) is 30.5 Å². The maximum absolute atomic E-state index is 12.5. The first kappa shape index (κ1) is 17.4. The predicted octanol–water partition coefficient (Wildman–Crippen LogP) is 3.27. The summed E-state index contributed by atoms with van der Waals surface area (Å²) in [5.74, 6) is 0.816. The van der Waals surface area contributed by atoms with Crippen molar-refractivity contribution in [2.24, 2.45) is 5.92 Å². The Hall–Kier alpha value is -2.43. The quantitative estimate of drug-likeness (QED) is 0.933. The zero-order valence-corrected chi connectivity index (χ0v) is 15.2. The summed E-state index contributed by atoms with van der Waals surface area (Å²) >= 11 is 0. The van der Waals surface area contributed by atoms with Crippen molar-refractivity contribution < 1.29 is 4.79 Å². The minimum atomic E-state index is -0.201. The highest BCUT2D eigenvalue weighted by Crippen LogP contribution is 2.23. The Kier molecular flexibility index (Phi) is 5.02. The molecule has 0 saturated carbocycles. The van der Waals surface area contributed by atoms with Crippen LogP contribution in [0.25, 0.3) is 11.1 Å². The lowest BCUT2D eigenvalue weighted by Crippen LogP contribution is -2.49. The van der Waals surface area contributed by atoms with Crippen molar-refractivity contribution in [3.63, 3.8) is 0 Å². The first-order valence-corrected chi connectivity index (χ1v) is 8.87. The lowest BCUT2D eigenvalue weighted by Gasteiger charge is -2.33. The average molecular weight is 338 g/mol. The average Bonchev–Trinajstić information content (AvgIpc) is 2.61. The Morgan fingerprint density at radius 1 is 1.12 bits per heavy atom. The van der Waals surface area contributed by atoms with Crippen molar-refractivity contribution in [2.45, 2.75) is 39.2 Å². The summed E-state index contributed by atoms with van der Waals surface area (Å²) in [6.45, 7) is 7.60. The lowest BCUT2D eigenvalue weighted by atomic mass is 9.96. The van der Waals surface area contributed by atoms with E-state index in [-0.39, 0.29) is 17.4 Å². The van der Waals surface area contributed by atoms with Gasteiger partial charge in [-0.25, -0.2) is 9.97 Å². The molecule has 0 radical (unpaired) electrons. The molecule has 0 unspecified atom stereocenters. The smallest absolute Gasteiger partial charge is 0.225 e. The van der Waals surface area contributed by atoms with Gasteiger partial charge in [0.25, 0.3) is 0 Å². The van der Waals surface area contributed by atoms with Crippen LogP contribution in [0.5, 0.6) is 0 Å². The van der Waals surface area contributed by atoms with Gasteiger partial charge in [-0.05, 0) is 39.2 Å². The highest BCUT2D eigenvalue weighted by atomic mass is 16.2. The summed E-state index contributed by atoms with van der Waals surface area (Å²) in [6, 6.07) is 10.1. The van der Waals surface area contributed by atoms with E-state index in [1.165, 1.54) is 0 Å². The molecule has 1 amide bonds. The molecule has 0 spiro atoms. The standard InChI is InChI=1S/C20H26N4O/c1-20(2,3)23-18(25)16-10-7-11-24(14-16)19-21-12-17(13-22-19)15-8-5-4-6-9-15/h4-6,8-9,12-13,16H,7,10-11,14H2,1-3H3,(H,23,25)/t16-/m1/s1. The van der Waals surface area contributed by atoms with Crippen LogP contribution < -0.4 is 10.2 Å². The monoisotopic (exact) mass is 338 g/mol. The van der Waals surface area contributed by atoms with Gasteiger partial charge >= 0.3 is 0 Å². The number of amides is 1. The van der Waals surface area contributed by atoms with Gasteiger partial charge in [-0.1, -0.05) is 30.3 Å². The van der Waals surface area contributed by atoms with Crippen LogP contribution in [0, 0.1) is 5.92 Å². The number of hydrogen-bond donors (Lipinski definition) is 1. The molecule has 132 valence electrons. The molecular weight excluding hydrogens is 312 g/mol. The Morgan fingerprint density at radius 2 is 1.80 bits per heavy atom. The second kappa shape index (κ2) is 7.21. The van der Waals surface area contributed by atoms with Crippen LogP contribution >= 0.6 is 0 Å². The molecule has 1 atom stereocenters. The third-order valence-electron chi connectivity index (χ3n) is 4.32. The number of carbonyl (C=O) groups excluding carboxylic acids is 1. The van der Waals surface area contributed by atoms with Crippen LogP contribution in [0.2, 0.25) is 0 Å². The van der Waals surface area contributed by atoms with Gasteiger partial charge in [-0.3, -0.25) is 4.79 Å². The Labute approximate surface area is 149 Å². The minimum absolute atomic E-state index is 0.00891. The topological polar surface area (TPSA) is 58.1 Å². The Balaban J connectivity index is 1.68. The number of nitrogens with one attached hydrogen (secondary N) is 1. The van der Waals surface area contributed by atoms with E-state index in [1.807, 2.05) is 63.5 Å². The molecule has 2 aromatic rings.